The van der Waals surface area contributed by atoms with Crippen LogP contribution in [-0.2, 0) is 4.74 Å². The molecule has 3 nitrogen and oxygen atoms in total. The number of rotatable bonds is 2. The summed E-state index contributed by atoms with van der Waals surface area (Å²) in [6, 6.07) is 9.42. The van der Waals surface area contributed by atoms with Crippen LogP contribution in [0.1, 0.15) is 18.7 Å². The molecular formula is C9H12N2O. The van der Waals surface area contributed by atoms with Gasteiger partial charge in [-0.05, 0) is 0 Å². The van der Waals surface area contributed by atoms with E-state index in [4.69, 9.17) is 15.9 Å². The van der Waals surface area contributed by atoms with Crippen LogP contribution in [0.25, 0.3) is 0 Å². The third-order valence-electron chi connectivity index (χ3n) is 1.43. The summed E-state index contributed by atoms with van der Waals surface area (Å²) in [5.41, 5.74) is 6.51. The lowest BCUT2D eigenvalue weighted by Gasteiger charge is -2.12. The summed E-state index contributed by atoms with van der Waals surface area (Å²) in [4.78, 5) is 0. The molecule has 1 unspecified atom stereocenters. The minimum absolute atomic E-state index is 0.131. The lowest BCUT2D eigenvalue weighted by molar-refractivity contribution is 0.196. The molecule has 0 fully saturated rings. The molecule has 0 radical (unpaired) electrons. The van der Waals surface area contributed by atoms with Crippen molar-refractivity contribution < 1.29 is 4.74 Å². The number of nitrogens with one attached hydrogen (secondary N) is 1. The zero-order chi connectivity index (χ0) is 8.97. The molecule has 0 aliphatic carbocycles. The van der Waals surface area contributed by atoms with Gasteiger partial charge in [-0.1, -0.05) is 30.3 Å². The van der Waals surface area contributed by atoms with Crippen molar-refractivity contribution in [3.63, 3.8) is 0 Å². The van der Waals surface area contributed by atoms with Crippen molar-refractivity contribution in [2.24, 2.45) is 5.73 Å². The van der Waals surface area contributed by atoms with E-state index in [-0.39, 0.29) is 5.90 Å². The van der Waals surface area contributed by atoms with Gasteiger partial charge in [0.15, 0.2) is 12.1 Å². The van der Waals surface area contributed by atoms with Gasteiger partial charge in [-0.25, -0.2) is 0 Å². The lowest BCUT2D eigenvalue weighted by atomic mass is 10.2. The van der Waals surface area contributed by atoms with E-state index in [1.165, 1.54) is 0 Å². The fourth-order valence-corrected chi connectivity index (χ4v) is 0.901. The Bertz CT molecular complexity index is 258. The summed E-state index contributed by atoms with van der Waals surface area (Å²) in [7, 11) is 0. The first-order valence-electron chi connectivity index (χ1n) is 3.72. The molecule has 0 aliphatic rings. The number of benzene rings is 1. The summed E-state index contributed by atoms with van der Waals surface area (Å²) in [5.74, 6) is 0.131. The van der Waals surface area contributed by atoms with E-state index in [1.54, 1.807) is 6.92 Å². The SMILES string of the molecule is CC(=N)OC(N)c1ccccc1. The van der Waals surface area contributed by atoms with Crippen molar-refractivity contribution in [1.82, 2.24) is 0 Å². The van der Waals surface area contributed by atoms with Crippen LogP contribution in [0.4, 0.5) is 0 Å². The molecule has 64 valence electrons. The number of nitrogens with two attached hydrogens (primary N) is 1. The van der Waals surface area contributed by atoms with E-state index >= 15 is 0 Å². The quantitative estimate of drug-likeness (QED) is 0.396. The van der Waals surface area contributed by atoms with Crippen molar-refractivity contribution in [2.45, 2.75) is 13.2 Å². The molecule has 12 heavy (non-hydrogen) atoms. The maximum Gasteiger partial charge on any atom is 0.179 e. The van der Waals surface area contributed by atoms with Gasteiger partial charge in [0.05, 0.1) is 0 Å². The molecule has 0 aliphatic heterocycles. The second-order valence-electron chi connectivity index (χ2n) is 2.51. The van der Waals surface area contributed by atoms with Crippen LogP contribution in [0.15, 0.2) is 30.3 Å². The highest BCUT2D eigenvalue weighted by atomic mass is 16.5. The Kier molecular flexibility index (Phi) is 2.82. The van der Waals surface area contributed by atoms with Crippen LogP contribution in [-0.4, -0.2) is 5.90 Å². The third kappa shape index (κ3) is 2.36. The predicted octanol–water partition coefficient (Wildman–Crippen LogP) is 1.66. The Hall–Kier alpha value is -1.35. The van der Waals surface area contributed by atoms with Crippen molar-refractivity contribution >= 4 is 5.90 Å². The van der Waals surface area contributed by atoms with Crippen molar-refractivity contribution in [2.75, 3.05) is 0 Å². The molecule has 0 bridgehead atoms. The predicted molar refractivity (Wildman–Crippen MR) is 47.9 cm³/mol. The van der Waals surface area contributed by atoms with Gasteiger partial charge in [0, 0.05) is 12.5 Å². The summed E-state index contributed by atoms with van der Waals surface area (Å²) in [5, 5.41) is 7.07. The van der Waals surface area contributed by atoms with Gasteiger partial charge in [-0.2, -0.15) is 0 Å². The molecule has 1 atom stereocenters. The van der Waals surface area contributed by atoms with Gasteiger partial charge in [0.2, 0.25) is 0 Å². The Labute approximate surface area is 71.7 Å². The minimum atomic E-state index is -0.524. The Morgan fingerprint density at radius 3 is 2.50 bits per heavy atom. The van der Waals surface area contributed by atoms with Crippen LogP contribution in [0.5, 0.6) is 0 Å². The molecule has 3 heteroatoms. The highest BCUT2D eigenvalue weighted by molar-refractivity contribution is 5.69. The average molecular weight is 164 g/mol. The Morgan fingerprint density at radius 2 is 2.00 bits per heavy atom. The highest BCUT2D eigenvalue weighted by Gasteiger charge is 2.04. The number of hydrogen-bond acceptors (Lipinski definition) is 3. The standard InChI is InChI=1S/C9H12N2O/c1-7(10)12-9(11)8-5-3-2-4-6-8/h2-6,9-10H,11H2,1H3. The van der Waals surface area contributed by atoms with E-state index in [9.17, 15) is 0 Å². The Morgan fingerprint density at radius 1 is 1.42 bits per heavy atom. The molecule has 1 aromatic rings. The minimum Gasteiger partial charge on any atom is -0.459 e. The monoisotopic (exact) mass is 164 g/mol. The van der Waals surface area contributed by atoms with E-state index in [2.05, 4.69) is 0 Å². The summed E-state index contributed by atoms with van der Waals surface area (Å²) < 4.78 is 5.00. The van der Waals surface area contributed by atoms with Crippen LogP contribution >= 0.6 is 0 Å². The van der Waals surface area contributed by atoms with Crippen LogP contribution < -0.4 is 5.73 Å². The zero-order valence-electron chi connectivity index (χ0n) is 6.95. The van der Waals surface area contributed by atoms with Crippen molar-refractivity contribution in [3.05, 3.63) is 35.9 Å². The zero-order valence-corrected chi connectivity index (χ0v) is 6.95. The highest BCUT2D eigenvalue weighted by Crippen LogP contribution is 2.10. The fraction of sp³-hybridized carbons (Fsp3) is 0.222. The molecule has 0 saturated heterocycles. The molecule has 0 spiro atoms. The van der Waals surface area contributed by atoms with Crippen LogP contribution in [0.3, 0.4) is 0 Å². The van der Waals surface area contributed by atoms with Gasteiger partial charge >= 0.3 is 0 Å². The molecular weight excluding hydrogens is 152 g/mol. The first kappa shape index (κ1) is 8.74. The maximum atomic E-state index is 7.07. The topological polar surface area (TPSA) is 59.1 Å². The van der Waals surface area contributed by atoms with E-state index in [1.807, 2.05) is 30.3 Å². The second-order valence-corrected chi connectivity index (χ2v) is 2.51. The first-order valence-corrected chi connectivity index (χ1v) is 3.72. The van der Waals surface area contributed by atoms with Gasteiger partial charge in [-0.3, -0.25) is 11.1 Å². The van der Waals surface area contributed by atoms with Crippen LogP contribution in [0.2, 0.25) is 0 Å². The molecule has 0 aromatic heterocycles. The molecule has 0 saturated carbocycles. The smallest absolute Gasteiger partial charge is 0.179 e. The Balaban J connectivity index is 2.65. The van der Waals surface area contributed by atoms with E-state index in [0.29, 0.717) is 0 Å². The normalized spacial score (nSPS) is 12.2. The van der Waals surface area contributed by atoms with E-state index in [0.717, 1.165) is 5.56 Å². The van der Waals surface area contributed by atoms with Gasteiger partial charge in [0.25, 0.3) is 0 Å². The van der Waals surface area contributed by atoms with Gasteiger partial charge < -0.3 is 4.74 Å². The van der Waals surface area contributed by atoms with Crippen molar-refractivity contribution in [1.29, 1.82) is 5.41 Å². The summed E-state index contributed by atoms with van der Waals surface area (Å²) in [6.45, 7) is 1.56. The third-order valence-corrected chi connectivity index (χ3v) is 1.43. The molecule has 3 N–H and O–H groups in total. The van der Waals surface area contributed by atoms with Crippen molar-refractivity contribution in [3.8, 4) is 0 Å². The molecule has 1 aromatic carbocycles. The number of ether oxygens (including phenoxy) is 1. The first-order chi connectivity index (χ1) is 5.70. The van der Waals surface area contributed by atoms with Gasteiger partial charge in [-0.15, -0.1) is 0 Å². The molecule has 0 amide bonds. The molecule has 1 rings (SSSR count). The average Bonchev–Trinajstić information content (AvgIpc) is 2.05. The maximum absolute atomic E-state index is 7.07. The van der Waals surface area contributed by atoms with Gasteiger partial charge in [0.1, 0.15) is 0 Å². The van der Waals surface area contributed by atoms with E-state index < -0.39 is 6.23 Å². The lowest BCUT2D eigenvalue weighted by Crippen LogP contribution is -2.16. The summed E-state index contributed by atoms with van der Waals surface area (Å²) in [6.07, 6.45) is -0.524. The number of hydrogen-bond donors (Lipinski definition) is 2. The molecule has 0 heterocycles. The largest absolute Gasteiger partial charge is 0.459 e. The summed E-state index contributed by atoms with van der Waals surface area (Å²) >= 11 is 0. The van der Waals surface area contributed by atoms with Crippen LogP contribution in [0, 0.1) is 5.41 Å². The second kappa shape index (κ2) is 3.88. The fourth-order valence-electron chi connectivity index (χ4n) is 0.901.